The summed E-state index contributed by atoms with van der Waals surface area (Å²) < 4.78 is 16.3. The summed E-state index contributed by atoms with van der Waals surface area (Å²) in [7, 11) is 0. The minimum absolute atomic E-state index is 0.0849. The molecule has 0 N–H and O–H groups in total. The summed E-state index contributed by atoms with van der Waals surface area (Å²) in [4.78, 5) is 28.4. The van der Waals surface area contributed by atoms with Crippen LogP contribution in [0.1, 0.15) is 19.2 Å². The van der Waals surface area contributed by atoms with Gasteiger partial charge in [0.25, 0.3) is 11.8 Å². The van der Waals surface area contributed by atoms with Crippen LogP contribution in [0.25, 0.3) is 11.7 Å². The smallest absolute Gasteiger partial charge is 0.283 e. The molecule has 0 bridgehead atoms. The molecule has 1 aliphatic rings. The zero-order valence-electron chi connectivity index (χ0n) is 15.9. The van der Waals surface area contributed by atoms with Crippen LogP contribution in [0, 0.1) is 0 Å². The van der Waals surface area contributed by atoms with Gasteiger partial charge < -0.3 is 18.5 Å². The Balaban J connectivity index is 1.49. The summed E-state index contributed by atoms with van der Waals surface area (Å²) in [5, 5.41) is 7.96. The number of rotatable bonds is 7. The number of hydrogen-bond donors (Lipinski definition) is 0. The summed E-state index contributed by atoms with van der Waals surface area (Å²) in [5.41, 5.74) is 0.589. The van der Waals surface area contributed by atoms with Gasteiger partial charge in [-0.05, 0) is 30.7 Å². The number of fused-ring (bicyclic) bond motifs is 1. The highest BCUT2D eigenvalue weighted by Crippen LogP contribution is 2.31. The molecule has 3 aromatic rings. The fourth-order valence-corrected chi connectivity index (χ4v) is 3.11. The fourth-order valence-electron chi connectivity index (χ4n) is 3.11. The number of benzene rings is 1. The van der Waals surface area contributed by atoms with E-state index in [0.717, 1.165) is 6.42 Å². The minimum atomic E-state index is -0.258. The van der Waals surface area contributed by atoms with Gasteiger partial charge in [0, 0.05) is 6.54 Å². The quantitative estimate of drug-likeness (QED) is 0.604. The van der Waals surface area contributed by atoms with E-state index in [9.17, 15) is 9.59 Å². The van der Waals surface area contributed by atoms with Crippen molar-refractivity contribution >= 4 is 17.5 Å². The molecule has 0 aliphatic carbocycles. The molecule has 2 amide bonds. The lowest BCUT2D eigenvalue weighted by molar-refractivity contribution is -0.132. The molecule has 0 spiro atoms. The van der Waals surface area contributed by atoms with Gasteiger partial charge in [-0.1, -0.05) is 19.1 Å². The Morgan fingerprint density at radius 2 is 2.07 bits per heavy atom. The number of aromatic nitrogens is 2. The van der Waals surface area contributed by atoms with Gasteiger partial charge in [0.1, 0.15) is 12.3 Å². The number of anilines is 1. The molecule has 0 saturated heterocycles. The molecule has 1 aliphatic heterocycles. The maximum absolute atomic E-state index is 13.0. The van der Waals surface area contributed by atoms with Crippen molar-refractivity contribution in [2.45, 2.75) is 19.9 Å². The molecule has 29 heavy (non-hydrogen) atoms. The van der Waals surface area contributed by atoms with Crippen molar-refractivity contribution in [3.8, 4) is 17.4 Å². The Kier molecular flexibility index (Phi) is 5.28. The first kappa shape index (κ1) is 18.7. The molecule has 9 nitrogen and oxygen atoms in total. The number of nitrogens with zero attached hydrogens (tertiary/aromatic N) is 4. The Hall–Kier alpha value is -3.62. The lowest BCUT2D eigenvalue weighted by Gasteiger charge is -2.30. The van der Waals surface area contributed by atoms with Crippen molar-refractivity contribution in [2.75, 3.05) is 24.6 Å². The van der Waals surface area contributed by atoms with E-state index in [0.29, 0.717) is 29.6 Å². The fraction of sp³-hybridized carbons (Fsp3) is 0.300. The predicted molar refractivity (Wildman–Crippen MR) is 102 cm³/mol. The minimum Gasteiger partial charge on any atom is -0.482 e. The number of hydrogen-bond acceptors (Lipinski definition) is 7. The van der Waals surface area contributed by atoms with Crippen LogP contribution < -0.4 is 9.64 Å². The predicted octanol–water partition coefficient (Wildman–Crippen LogP) is 2.49. The normalized spacial score (nSPS) is 13.1. The van der Waals surface area contributed by atoms with Gasteiger partial charge in [-0.15, -0.1) is 10.2 Å². The van der Waals surface area contributed by atoms with Gasteiger partial charge in [-0.25, -0.2) is 0 Å². The van der Waals surface area contributed by atoms with Crippen LogP contribution in [-0.2, 0) is 16.1 Å². The van der Waals surface area contributed by atoms with Crippen molar-refractivity contribution < 1.29 is 23.2 Å². The van der Waals surface area contributed by atoms with E-state index in [4.69, 9.17) is 13.6 Å². The highest BCUT2D eigenvalue weighted by Gasteiger charge is 2.29. The average molecular weight is 396 g/mol. The van der Waals surface area contributed by atoms with E-state index >= 15 is 0 Å². The number of carbonyl (C=O) groups is 2. The maximum Gasteiger partial charge on any atom is 0.283 e. The van der Waals surface area contributed by atoms with Crippen molar-refractivity contribution in [1.82, 2.24) is 15.1 Å². The SMILES string of the molecule is CCCN(Cc1nnc(-c2ccco2)o1)C(=O)CN1C(=O)COc2ccccc21. The van der Waals surface area contributed by atoms with Crippen molar-refractivity contribution in [1.29, 1.82) is 0 Å². The van der Waals surface area contributed by atoms with E-state index in [1.54, 1.807) is 35.2 Å². The molecule has 0 saturated carbocycles. The number of amides is 2. The Morgan fingerprint density at radius 3 is 2.86 bits per heavy atom. The maximum atomic E-state index is 13.0. The van der Waals surface area contributed by atoms with E-state index in [1.807, 2.05) is 13.0 Å². The van der Waals surface area contributed by atoms with Gasteiger partial charge >= 0.3 is 0 Å². The molecule has 9 heteroatoms. The number of para-hydroxylation sites is 2. The molecule has 1 aromatic carbocycles. The van der Waals surface area contributed by atoms with Crippen molar-refractivity contribution in [2.24, 2.45) is 0 Å². The Labute approximate surface area is 166 Å². The van der Waals surface area contributed by atoms with Gasteiger partial charge in [0.2, 0.25) is 11.8 Å². The van der Waals surface area contributed by atoms with Gasteiger partial charge in [0.15, 0.2) is 12.4 Å². The zero-order valence-corrected chi connectivity index (χ0v) is 15.9. The second kappa shape index (κ2) is 8.17. The molecule has 0 unspecified atom stereocenters. The molecule has 150 valence electrons. The third-order valence-corrected chi connectivity index (χ3v) is 4.47. The van der Waals surface area contributed by atoms with Crippen molar-refractivity contribution in [3.63, 3.8) is 0 Å². The number of furan rings is 1. The van der Waals surface area contributed by atoms with Crippen molar-refractivity contribution in [3.05, 3.63) is 48.6 Å². The highest BCUT2D eigenvalue weighted by atomic mass is 16.5. The topological polar surface area (TPSA) is 102 Å². The summed E-state index contributed by atoms with van der Waals surface area (Å²) in [6.45, 7) is 2.45. The summed E-state index contributed by atoms with van der Waals surface area (Å²) in [6, 6.07) is 10.6. The van der Waals surface area contributed by atoms with Crippen LogP contribution in [0.2, 0.25) is 0 Å². The van der Waals surface area contributed by atoms with Crippen LogP contribution >= 0.6 is 0 Å². The van der Waals surface area contributed by atoms with Crippen LogP contribution in [0.5, 0.6) is 5.75 Å². The molecular formula is C20H20N4O5. The molecule has 2 aromatic heterocycles. The van der Waals surface area contributed by atoms with Gasteiger partial charge in [-0.3, -0.25) is 14.5 Å². The lowest BCUT2D eigenvalue weighted by atomic mass is 10.2. The van der Waals surface area contributed by atoms with Gasteiger partial charge in [0.05, 0.1) is 18.5 Å². The average Bonchev–Trinajstić information content (AvgIpc) is 3.41. The lowest BCUT2D eigenvalue weighted by Crippen LogP contribution is -2.46. The molecule has 0 atom stereocenters. The first-order valence-electron chi connectivity index (χ1n) is 9.32. The van der Waals surface area contributed by atoms with E-state index in [2.05, 4.69) is 10.2 Å². The van der Waals surface area contributed by atoms with Gasteiger partial charge in [-0.2, -0.15) is 0 Å². The summed E-state index contributed by atoms with van der Waals surface area (Å²) >= 11 is 0. The van der Waals surface area contributed by atoms with Crippen LogP contribution in [0.15, 0.2) is 51.5 Å². The molecule has 0 radical (unpaired) electrons. The third-order valence-electron chi connectivity index (χ3n) is 4.47. The van der Waals surface area contributed by atoms with E-state index in [1.165, 1.54) is 11.2 Å². The number of carbonyl (C=O) groups excluding carboxylic acids is 2. The second-order valence-corrected chi connectivity index (χ2v) is 6.53. The zero-order chi connectivity index (χ0) is 20.2. The standard InChI is InChI=1S/C20H20N4O5/c1-2-9-23(11-17-21-22-20(29-17)16-8-5-10-27-16)18(25)12-24-14-6-3-4-7-15(14)28-13-19(24)26/h3-8,10H,2,9,11-13H2,1H3. The number of ether oxygens (including phenoxy) is 1. The largest absolute Gasteiger partial charge is 0.482 e. The first-order chi connectivity index (χ1) is 14.2. The summed E-state index contributed by atoms with van der Waals surface area (Å²) in [5.74, 6) is 1.13. The third kappa shape index (κ3) is 3.98. The molecular weight excluding hydrogens is 376 g/mol. The van der Waals surface area contributed by atoms with Crippen LogP contribution in [0.3, 0.4) is 0 Å². The molecule has 3 heterocycles. The summed E-state index contributed by atoms with van der Waals surface area (Å²) in [6.07, 6.45) is 2.27. The van der Waals surface area contributed by atoms with Crippen LogP contribution in [0.4, 0.5) is 5.69 Å². The highest BCUT2D eigenvalue weighted by molar-refractivity contribution is 6.02. The van der Waals surface area contributed by atoms with E-state index < -0.39 is 0 Å². The Morgan fingerprint density at radius 1 is 1.21 bits per heavy atom. The Bertz CT molecular complexity index is 998. The molecule has 4 rings (SSSR count). The second-order valence-electron chi connectivity index (χ2n) is 6.53. The molecule has 0 fully saturated rings. The van der Waals surface area contributed by atoms with E-state index in [-0.39, 0.29) is 37.4 Å². The monoisotopic (exact) mass is 396 g/mol. The van der Waals surface area contributed by atoms with Crippen LogP contribution in [-0.4, -0.2) is 46.6 Å². The first-order valence-corrected chi connectivity index (χ1v) is 9.32.